The van der Waals surface area contributed by atoms with Crippen LogP contribution in [-0.2, 0) is 16.0 Å². The fourth-order valence-corrected chi connectivity index (χ4v) is 2.57. The summed E-state index contributed by atoms with van der Waals surface area (Å²) >= 11 is 0. The zero-order valence-corrected chi connectivity index (χ0v) is 15.1. The van der Waals surface area contributed by atoms with E-state index in [4.69, 9.17) is 23.7 Å². The second-order valence-corrected chi connectivity index (χ2v) is 5.99. The number of unbranched alkanes of at least 4 members (excludes halogenated alkanes) is 1. The van der Waals surface area contributed by atoms with Crippen LogP contribution in [0.25, 0.3) is 11.5 Å². The number of rotatable bonds is 8. The maximum atomic E-state index is 10.4. The summed E-state index contributed by atoms with van der Waals surface area (Å²) in [5.41, 5.74) is 1.68. The molecule has 1 aliphatic rings. The minimum atomic E-state index is -0.795. The number of carboxylic acid groups (broad SMARTS) is 1. The Hall–Kier alpha value is -2.98. The SMILES string of the molecule is Cc1oc(-c2ccc3c(c2)OCO3)nc1CCOCC#CCCCC(=O)O. The molecule has 1 aliphatic heterocycles. The number of aryl methyl sites for hydroxylation is 1. The predicted molar refractivity (Wildman–Crippen MR) is 96.6 cm³/mol. The van der Waals surface area contributed by atoms with Crippen LogP contribution in [0.2, 0.25) is 0 Å². The molecule has 1 aromatic carbocycles. The summed E-state index contributed by atoms with van der Waals surface area (Å²) < 4.78 is 21.9. The molecule has 1 aromatic heterocycles. The van der Waals surface area contributed by atoms with Gasteiger partial charge in [-0.1, -0.05) is 5.92 Å². The van der Waals surface area contributed by atoms with Crippen LogP contribution < -0.4 is 9.47 Å². The van der Waals surface area contributed by atoms with E-state index < -0.39 is 5.97 Å². The molecule has 0 spiro atoms. The molecular formula is C20H21NO6. The Kier molecular flexibility index (Phi) is 6.34. The van der Waals surface area contributed by atoms with Crippen LogP contribution >= 0.6 is 0 Å². The first-order chi connectivity index (χ1) is 13.1. The van der Waals surface area contributed by atoms with Crippen molar-refractivity contribution in [1.82, 2.24) is 4.98 Å². The molecule has 7 nitrogen and oxygen atoms in total. The molecule has 0 bridgehead atoms. The number of hydrogen-bond donors (Lipinski definition) is 1. The lowest BCUT2D eigenvalue weighted by Crippen LogP contribution is -2.00. The maximum Gasteiger partial charge on any atom is 0.303 e. The zero-order valence-electron chi connectivity index (χ0n) is 15.1. The Morgan fingerprint density at radius 1 is 1.30 bits per heavy atom. The zero-order chi connectivity index (χ0) is 19.1. The summed E-state index contributed by atoms with van der Waals surface area (Å²) in [4.78, 5) is 14.9. The molecule has 3 rings (SSSR count). The van der Waals surface area contributed by atoms with Crippen molar-refractivity contribution < 1.29 is 28.5 Å². The third-order valence-corrected chi connectivity index (χ3v) is 3.99. The van der Waals surface area contributed by atoms with Crippen LogP contribution in [-0.4, -0.2) is 36.1 Å². The predicted octanol–water partition coefficient (Wildman–Crippen LogP) is 3.20. The third kappa shape index (κ3) is 5.25. The Morgan fingerprint density at radius 2 is 2.15 bits per heavy atom. The smallest absolute Gasteiger partial charge is 0.303 e. The van der Waals surface area contributed by atoms with Crippen molar-refractivity contribution in [3.05, 3.63) is 29.7 Å². The molecule has 0 aliphatic carbocycles. The quantitative estimate of drug-likeness (QED) is 0.563. The van der Waals surface area contributed by atoms with E-state index in [0.29, 0.717) is 44.1 Å². The van der Waals surface area contributed by atoms with E-state index in [1.807, 2.05) is 25.1 Å². The lowest BCUT2D eigenvalue weighted by atomic mass is 10.2. The molecule has 7 heteroatoms. The van der Waals surface area contributed by atoms with Crippen molar-refractivity contribution in [2.75, 3.05) is 20.0 Å². The first-order valence-electron chi connectivity index (χ1n) is 8.75. The summed E-state index contributed by atoms with van der Waals surface area (Å²) in [6, 6.07) is 5.59. The van der Waals surface area contributed by atoms with Crippen LogP contribution in [0, 0.1) is 18.8 Å². The normalized spacial score (nSPS) is 11.9. The van der Waals surface area contributed by atoms with Crippen molar-refractivity contribution in [1.29, 1.82) is 0 Å². The highest BCUT2D eigenvalue weighted by atomic mass is 16.7. The van der Waals surface area contributed by atoms with Gasteiger partial charge in [0.2, 0.25) is 12.7 Å². The Bertz CT molecular complexity index is 861. The van der Waals surface area contributed by atoms with Crippen molar-refractivity contribution in [2.45, 2.75) is 32.6 Å². The van der Waals surface area contributed by atoms with E-state index in [0.717, 1.165) is 22.8 Å². The first-order valence-corrected chi connectivity index (χ1v) is 8.75. The van der Waals surface area contributed by atoms with Gasteiger partial charge in [-0.3, -0.25) is 4.79 Å². The number of fused-ring (bicyclic) bond motifs is 1. The van der Waals surface area contributed by atoms with Crippen molar-refractivity contribution in [2.24, 2.45) is 0 Å². The molecule has 0 saturated heterocycles. The summed E-state index contributed by atoms with van der Waals surface area (Å²) in [5, 5.41) is 8.53. The Labute approximate surface area is 157 Å². The number of hydrogen-bond acceptors (Lipinski definition) is 6. The number of nitrogens with zero attached hydrogens (tertiary/aromatic N) is 1. The second kappa shape index (κ2) is 9.10. The highest BCUT2D eigenvalue weighted by Gasteiger charge is 2.17. The van der Waals surface area contributed by atoms with Gasteiger partial charge in [-0.15, -0.1) is 5.92 Å². The Balaban J connectivity index is 1.45. The molecule has 0 radical (unpaired) electrons. The molecule has 0 fully saturated rings. The van der Waals surface area contributed by atoms with Crippen LogP contribution in [0.5, 0.6) is 11.5 Å². The molecule has 27 heavy (non-hydrogen) atoms. The van der Waals surface area contributed by atoms with Gasteiger partial charge < -0.3 is 23.7 Å². The van der Waals surface area contributed by atoms with Crippen molar-refractivity contribution >= 4 is 5.97 Å². The summed E-state index contributed by atoms with van der Waals surface area (Å²) in [6.45, 7) is 2.91. The largest absolute Gasteiger partial charge is 0.481 e. The van der Waals surface area contributed by atoms with Gasteiger partial charge in [-0.2, -0.15) is 0 Å². The van der Waals surface area contributed by atoms with Gasteiger partial charge in [0.05, 0.1) is 12.3 Å². The molecule has 0 atom stereocenters. The van der Waals surface area contributed by atoms with Crippen molar-refractivity contribution in [3.8, 4) is 34.8 Å². The van der Waals surface area contributed by atoms with Gasteiger partial charge in [0.25, 0.3) is 0 Å². The molecule has 142 valence electrons. The van der Waals surface area contributed by atoms with Crippen LogP contribution in [0.4, 0.5) is 0 Å². The van der Waals surface area contributed by atoms with E-state index in [1.54, 1.807) is 0 Å². The monoisotopic (exact) mass is 371 g/mol. The highest BCUT2D eigenvalue weighted by Crippen LogP contribution is 2.36. The number of ether oxygens (including phenoxy) is 3. The average Bonchev–Trinajstić information content (AvgIpc) is 3.26. The minimum Gasteiger partial charge on any atom is -0.481 e. The molecule has 1 N–H and O–H groups in total. The first kappa shape index (κ1) is 18.8. The number of oxazole rings is 1. The van der Waals surface area contributed by atoms with Gasteiger partial charge >= 0.3 is 5.97 Å². The highest BCUT2D eigenvalue weighted by molar-refractivity contribution is 5.66. The van der Waals surface area contributed by atoms with Gasteiger partial charge in [0.1, 0.15) is 12.4 Å². The summed E-state index contributed by atoms with van der Waals surface area (Å²) in [7, 11) is 0. The second-order valence-electron chi connectivity index (χ2n) is 5.99. The van der Waals surface area contributed by atoms with Crippen LogP contribution in [0.15, 0.2) is 22.6 Å². The molecule has 2 heterocycles. The fraction of sp³-hybridized carbons (Fsp3) is 0.400. The van der Waals surface area contributed by atoms with Gasteiger partial charge in [0, 0.05) is 24.8 Å². The summed E-state index contributed by atoms with van der Waals surface area (Å²) in [5.74, 6) is 7.70. The van der Waals surface area contributed by atoms with Gasteiger partial charge in [0.15, 0.2) is 11.5 Å². The Morgan fingerprint density at radius 3 is 3.00 bits per heavy atom. The van der Waals surface area contributed by atoms with E-state index >= 15 is 0 Å². The standard InChI is InChI=1S/C20H21NO6/c1-14-16(9-11-24-10-5-3-2-4-6-19(22)23)21-20(27-14)15-7-8-17-18(12-15)26-13-25-17/h7-8,12H,2,4,6,9-11,13H2,1H3,(H,22,23). The van der Waals surface area contributed by atoms with Crippen LogP contribution in [0.3, 0.4) is 0 Å². The topological polar surface area (TPSA) is 91.0 Å². The fourth-order valence-electron chi connectivity index (χ4n) is 2.57. The van der Waals surface area contributed by atoms with Gasteiger partial charge in [-0.05, 0) is 31.5 Å². The number of carboxylic acids is 1. The molecule has 0 unspecified atom stereocenters. The van der Waals surface area contributed by atoms with E-state index in [1.165, 1.54) is 0 Å². The van der Waals surface area contributed by atoms with E-state index in [9.17, 15) is 4.79 Å². The lowest BCUT2D eigenvalue weighted by Gasteiger charge is -1.98. The average molecular weight is 371 g/mol. The maximum absolute atomic E-state index is 10.4. The molecule has 2 aromatic rings. The van der Waals surface area contributed by atoms with Crippen LogP contribution in [0.1, 0.15) is 30.7 Å². The molecular weight excluding hydrogens is 350 g/mol. The van der Waals surface area contributed by atoms with Gasteiger partial charge in [-0.25, -0.2) is 4.98 Å². The number of aromatic nitrogens is 1. The number of carbonyl (C=O) groups is 1. The molecule has 0 saturated carbocycles. The minimum absolute atomic E-state index is 0.146. The molecule has 0 amide bonds. The summed E-state index contributed by atoms with van der Waals surface area (Å²) in [6.07, 6.45) is 1.90. The lowest BCUT2D eigenvalue weighted by molar-refractivity contribution is -0.137. The third-order valence-electron chi connectivity index (χ3n) is 3.99. The van der Waals surface area contributed by atoms with E-state index in [-0.39, 0.29) is 13.2 Å². The van der Waals surface area contributed by atoms with E-state index in [2.05, 4.69) is 16.8 Å². The number of benzene rings is 1. The van der Waals surface area contributed by atoms with Crippen molar-refractivity contribution in [3.63, 3.8) is 0 Å². The number of aliphatic carboxylic acids is 1.